The van der Waals surface area contributed by atoms with E-state index in [9.17, 15) is 28.0 Å². The van der Waals surface area contributed by atoms with Gasteiger partial charge in [0.05, 0.1) is 0 Å². The van der Waals surface area contributed by atoms with Crippen LogP contribution in [0.15, 0.2) is 78.9 Å². The first-order chi connectivity index (χ1) is 21.8. The Labute approximate surface area is 268 Å². The fraction of sp³-hybridized carbons (Fsp3) is 0.333. The van der Waals surface area contributed by atoms with E-state index in [0.717, 1.165) is 10.5 Å². The van der Waals surface area contributed by atoms with Crippen LogP contribution in [0.4, 0.5) is 13.6 Å². The van der Waals surface area contributed by atoms with E-state index >= 15 is 0 Å². The molecule has 0 saturated carbocycles. The number of aryl methyl sites for hydroxylation is 1. The Hall–Kier alpha value is -3.90. The molecule has 0 aliphatic carbocycles. The van der Waals surface area contributed by atoms with E-state index in [1.54, 1.807) is 41.3 Å². The van der Waals surface area contributed by atoms with Gasteiger partial charge in [-0.15, -0.1) is 23.5 Å². The normalized spacial score (nSPS) is 21.7. The molecule has 0 aromatic heterocycles. The number of amides is 5. The van der Waals surface area contributed by atoms with E-state index < -0.39 is 58.7 Å². The second-order valence-electron chi connectivity index (χ2n) is 11.0. The van der Waals surface area contributed by atoms with Gasteiger partial charge in [0.15, 0.2) is 0 Å². The number of thioether (sulfide) groups is 2. The SMILES string of the molecule is O=C1[C@H](CCc2ccccc2)N(CC(=O)N2CCS[C@@H]2c2ccccc2F)C(=O)N1CC(=O)N1CCS[C@@H]1c1ccccc1F. The van der Waals surface area contributed by atoms with Crippen molar-refractivity contribution in [1.29, 1.82) is 0 Å². The minimum absolute atomic E-state index is 0.259. The van der Waals surface area contributed by atoms with Crippen LogP contribution >= 0.6 is 23.5 Å². The first kappa shape index (κ1) is 31.1. The minimum atomic E-state index is -0.952. The molecule has 0 N–H and O–H groups in total. The van der Waals surface area contributed by atoms with Crippen LogP contribution in [0.5, 0.6) is 0 Å². The second-order valence-corrected chi connectivity index (χ2v) is 13.4. The van der Waals surface area contributed by atoms with E-state index in [1.807, 2.05) is 30.3 Å². The van der Waals surface area contributed by atoms with E-state index in [4.69, 9.17) is 0 Å². The molecule has 3 saturated heterocycles. The molecular formula is C33H32F2N4O4S2. The summed E-state index contributed by atoms with van der Waals surface area (Å²) in [5.74, 6) is -1.07. The van der Waals surface area contributed by atoms with Crippen molar-refractivity contribution in [3.8, 4) is 0 Å². The molecule has 3 heterocycles. The van der Waals surface area contributed by atoms with Gasteiger partial charge in [-0.3, -0.25) is 19.3 Å². The first-order valence-electron chi connectivity index (χ1n) is 14.8. The van der Waals surface area contributed by atoms with Crippen molar-refractivity contribution in [3.63, 3.8) is 0 Å². The lowest BCUT2D eigenvalue weighted by molar-refractivity contribution is -0.138. The number of carbonyl (C=O) groups is 4. The van der Waals surface area contributed by atoms with Gasteiger partial charge < -0.3 is 14.7 Å². The number of urea groups is 1. The van der Waals surface area contributed by atoms with Crippen molar-refractivity contribution >= 4 is 47.3 Å². The molecule has 0 spiro atoms. The monoisotopic (exact) mass is 650 g/mol. The summed E-state index contributed by atoms with van der Waals surface area (Å²) in [7, 11) is 0. The van der Waals surface area contributed by atoms with Gasteiger partial charge in [-0.1, -0.05) is 66.7 Å². The van der Waals surface area contributed by atoms with Gasteiger partial charge in [-0.05, 0) is 30.5 Å². The number of rotatable bonds is 9. The van der Waals surface area contributed by atoms with Crippen LogP contribution in [0.25, 0.3) is 0 Å². The number of hydrogen-bond donors (Lipinski definition) is 0. The van der Waals surface area contributed by atoms with Crippen molar-refractivity contribution in [2.24, 2.45) is 0 Å². The van der Waals surface area contributed by atoms with Crippen molar-refractivity contribution in [1.82, 2.24) is 19.6 Å². The Bertz CT molecular complexity index is 1600. The van der Waals surface area contributed by atoms with Gasteiger partial charge in [-0.2, -0.15) is 0 Å². The van der Waals surface area contributed by atoms with Crippen molar-refractivity contribution < 1.29 is 28.0 Å². The van der Waals surface area contributed by atoms with Gasteiger partial charge in [0, 0.05) is 35.7 Å². The Balaban J connectivity index is 1.21. The van der Waals surface area contributed by atoms with Gasteiger partial charge in [0.25, 0.3) is 5.91 Å². The molecule has 3 fully saturated rings. The summed E-state index contributed by atoms with van der Waals surface area (Å²) in [5, 5.41) is -1.11. The second kappa shape index (κ2) is 13.6. The van der Waals surface area contributed by atoms with Crippen LogP contribution in [0, 0.1) is 11.6 Å². The topological polar surface area (TPSA) is 81.2 Å². The van der Waals surface area contributed by atoms with Crippen LogP contribution in [0.3, 0.4) is 0 Å². The zero-order chi connectivity index (χ0) is 31.5. The highest BCUT2D eigenvalue weighted by atomic mass is 32.2. The molecule has 12 heteroatoms. The summed E-state index contributed by atoms with van der Waals surface area (Å²) in [5.41, 5.74) is 1.72. The smallest absolute Gasteiger partial charge is 0.324 e. The third-order valence-electron chi connectivity index (χ3n) is 8.32. The van der Waals surface area contributed by atoms with Crippen molar-refractivity contribution in [2.75, 3.05) is 37.7 Å². The molecule has 0 unspecified atom stereocenters. The summed E-state index contributed by atoms with van der Waals surface area (Å²) >= 11 is 2.86. The number of nitrogens with zero attached hydrogens (tertiary/aromatic N) is 4. The maximum atomic E-state index is 14.7. The predicted molar refractivity (Wildman–Crippen MR) is 169 cm³/mol. The lowest BCUT2D eigenvalue weighted by atomic mass is 10.0. The Morgan fingerprint density at radius 3 is 1.78 bits per heavy atom. The largest absolute Gasteiger partial charge is 0.328 e. The van der Waals surface area contributed by atoms with E-state index in [0.29, 0.717) is 42.1 Å². The quantitative estimate of drug-likeness (QED) is 0.301. The molecule has 3 aliphatic rings. The van der Waals surface area contributed by atoms with Gasteiger partial charge >= 0.3 is 6.03 Å². The molecule has 45 heavy (non-hydrogen) atoms. The molecule has 3 atom stereocenters. The van der Waals surface area contributed by atoms with Crippen molar-refractivity contribution in [2.45, 2.75) is 29.6 Å². The van der Waals surface area contributed by atoms with Crippen LogP contribution in [-0.2, 0) is 20.8 Å². The predicted octanol–water partition coefficient (Wildman–Crippen LogP) is 5.08. The Morgan fingerprint density at radius 2 is 1.22 bits per heavy atom. The van der Waals surface area contributed by atoms with E-state index in [-0.39, 0.29) is 13.0 Å². The minimum Gasteiger partial charge on any atom is -0.324 e. The molecule has 3 aliphatic heterocycles. The summed E-state index contributed by atoms with van der Waals surface area (Å²) in [6, 6.07) is 20.4. The summed E-state index contributed by atoms with van der Waals surface area (Å²) in [6.07, 6.45) is 0.738. The number of hydrogen-bond acceptors (Lipinski definition) is 6. The lowest BCUT2D eigenvalue weighted by Gasteiger charge is -2.28. The molecule has 0 bridgehead atoms. The van der Waals surface area contributed by atoms with E-state index in [1.165, 1.54) is 45.5 Å². The van der Waals surface area contributed by atoms with E-state index in [2.05, 4.69) is 0 Å². The van der Waals surface area contributed by atoms with Crippen LogP contribution in [0.1, 0.15) is 33.9 Å². The Kier molecular flexibility index (Phi) is 9.41. The third-order valence-corrected chi connectivity index (χ3v) is 10.8. The number of carbonyl (C=O) groups excluding carboxylic acids is 4. The zero-order valence-corrected chi connectivity index (χ0v) is 26.0. The van der Waals surface area contributed by atoms with Crippen LogP contribution in [-0.4, -0.2) is 87.1 Å². The summed E-state index contributed by atoms with van der Waals surface area (Å²) in [6.45, 7) is -0.160. The Morgan fingerprint density at radius 1 is 0.711 bits per heavy atom. The fourth-order valence-electron chi connectivity index (χ4n) is 6.03. The molecule has 3 aromatic rings. The average molecular weight is 651 g/mol. The molecule has 0 radical (unpaired) electrons. The van der Waals surface area contributed by atoms with Crippen molar-refractivity contribution in [3.05, 3.63) is 107 Å². The molecule has 8 nitrogen and oxygen atoms in total. The molecule has 234 valence electrons. The maximum absolute atomic E-state index is 14.7. The number of halogens is 2. The standard InChI is InChI=1S/C33H32F2N4O4S2/c34-25-12-6-4-10-23(25)31-36(16-18-44-31)28(40)20-38-27(15-14-22-8-2-1-3-9-22)30(42)39(33(38)43)21-29(41)37-17-19-45-32(37)24-11-5-7-13-26(24)35/h1-13,27,31-32H,14-21H2/t27-,31+,32+/m0/s1. The highest BCUT2D eigenvalue weighted by Gasteiger charge is 2.48. The van der Waals surface area contributed by atoms with Gasteiger partial charge in [0.2, 0.25) is 11.8 Å². The molecule has 3 aromatic carbocycles. The molecular weight excluding hydrogens is 619 g/mol. The van der Waals surface area contributed by atoms with Gasteiger partial charge in [0.1, 0.15) is 41.5 Å². The third kappa shape index (κ3) is 6.44. The summed E-state index contributed by atoms with van der Waals surface area (Å²) < 4.78 is 29.3. The van der Waals surface area contributed by atoms with Gasteiger partial charge in [-0.25, -0.2) is 13.6 Å². The average Bonchev–Trinajstić information content (AvgIpc) is 3.78. The highest BCUT2D eigenvalue weighted by molar-refractivity contribution is 8.00. The summed E-state index contributed by atoms with van der Waals surface area (Å²) in [4.78, 5) is 60.0. The first-order valence-corrected chi connectivity index (χ1v) is 16.9. The molecule has 6 rings (SSSR count). The zero-order valence-electron chi connectivity index (χ0n) is 24.4. The number of imide groups is 1. The number of benzene rings is 3. The maximum Gasteiger partial charge on any atom is 0.328 e. The lowest BCUT2D eigenvalue weighted by Crippen LogP contribution is -2.45. The van der Waals surface area contributed by atoms with Crippen LogP contribution in [0.2, 0.25) is 0 Å². The van der Waals surface area contributed by atoms with Crippen LogP contribution < -0.4 is 0 Å². The molecule has 5 amide bonds. The fourth-order valence-corrected chi connectivity index (χ4v) is 8.62. The highest BCUT2D eigenvalue weighted by Crippen LogP contribution is 2.40.